The van der Waals surface area contributed by atoms with Crippen molar-refractivity contribution in [1.29, 1.82) is 0 Å². The van der Waals surface area contributed by atoms with E-state index in [2.05, 4.69) is 10.3 Å². The summed E-state index contributed by atoms with van der Waals surface area (Å²) < 4.78 is 36.6. The first-order valence-corrected chi connectivity index (χ1v) is 9.14. The molecule has 1 aromatic carbocycles. The number of thiophene rings is 1. The highest BCUT2D eigenvalue weighted by Gasteiger charge is 2.25. The number of carbonyl (C=O) groups excluding carboxylic acids is 2. The van der Waals surface area contributed by atoms with Gasteiger partial charge < -0.3 is 20.5 Å². The molecule has 29 heavy (non-hydrogen) atoms. The number of nitrogens with zero attached hydrogens (tertiary/aromatic N) is 1. The van der Waals surface area contributed by atoms with Crippen LogP contribution < -0.4 is 20.5 Å². The molecule has 0 atom stereocenters. The lowest BCUT2D eigenvalue weighted by atomic mass is 10.1. The van der Waals surface area contributed by atoms with Crippen LogP contribution in [0, 0.1) is 6.92 Å². The molecule has 0 saturated heterocycles. The van der Waals surface area contributed by atoms with E-state index >= 15 is 0 Å². The van der Waals surface area contributed by atoms with Crippen LogP contribution in [-0.4, -0.2) is 31.0 Å². The van der Waals surface area contributed by atoms with Crippen molar-refractivity contribution in [2.45, 2.75) is 13.3 Å². The van der Waals surface area contributed by atoms with Crippen LogP contribution >= 0.6 is 11.3 Å². The molecule has 2 amide bonds. The normalized spacial score (nSPS) is 11.0. The standard InChI is InChI=1S/C19H17F2N3O4S/c1-8-7-10(16(20)21)23-19-12(8)13(15(29-19)17(22)25)24-18(26)9-5-4-6-11(27-2)14(9)28-3/h4-7,16H,1-3H3,(H2,22,25)(H,24,26). The zero-order chi connectivity index (χ0) is 21.3. The number of amides is 2. The van der Waals surface area contributed by atoms with Crippen LogP contribution in [0.1, 0.15) is 37.7 Å². The number of rotatable bonds is 6. The van der Waals surface area contributed by atoms with Crippen LogP contribution in [-0.2, 0) is 0 Å². The Hall–Kier alpha value is -3.27. The number of hydrogen-bond donors (Lipinski definition) is 2. The molecule has 3 rings (SSSR count). The van der Waals surface area contributed by atoms with Gasteiger partial charge >= 0.3 is 0 Å². The van der Waals surface area contributed by atoms with Crippen LogP contribution in [0.25, 0.3) is 10.2 Å². The van der Waals surface area contributed by atoms with E-state index in [1.54, 1.807) is 19.1 Å². The molecule has 2 aromatic heterocycles. The van der Waals surface area contributed by atoms with E-state index < -0.39 is 23.9 Å². The van der Waals surface area contributed by atoms with E-state index in [4.69, 9.17) is 15.2 Å². The van der Waals surface area contributed by atoms with Crippen molar-refractivity contribution in [2.24, 2.45) is 5.73 Å². The van der Waals surface area contributed by atoms with Crippen LogP contribution in [0.4, 0.5) is 14.5 Å². The van der Waals surface area contributed by atoms with Gasteiger partial charge in [0.15, 0.2) is 11.5 Å². The van der Waals surface area contributed by atoms with Gasteiger partial charge in [0.25, 0.3) is 18.2 Å². The van der Waals surface area contributed by atoms with Crippen molar-refractivity contribution >= 4 is 39.1 Å². The number of aryl methyl sites for hydroxylation is 1. The van der Waals surface area contributed by atoms with E-state index in [0.29, 0.717) is 16.7 Å². The Kier molecular flexibility index (Phi) is 5.64. The Morgan fingerprint density at radius 2 is 1.97 bits per heavy atom. The SMILES string of the molecule is COc1cccc(C(=O)Nc2c(C(N)=O)sc3nc(C(F)F)cc(C)c23)c1OC. The summed E-state index contributed by atoms with van der Waals surface area (Å²) in [6, 6.07) is 5.98. The van der Waals surface area contributed by atoms with E-state index in [9.17, 15) is 18.4 Å². The number of benzene rings is 1. The first kappa shape index (κ1) is 20.5. The molecular weight excluding hydrogens is 404 g/mol. The van der Waals surface area contributed by atoms with Gasteiger partial charge in [-0.1, -0.05) is 6.07 Å². The Bertz CT molecular complexity index is 1110. The molecule has 0 aliphatic carbocycles. The van der Waals surface area contributed by atoms with Gasteiger partial charge in [-0.2, -0.15) is 0 Å². The number of halogens is 2. The van der Waals surface area contributed by atoms with Crippen LogP contribution in [0.15, 0.2) is 24.3 Å². The van der Waals surface area contributed by atoms with Gasteiger partial charge in [0.1, 0.15) is 15.4 Å². The molecule has 3 N–H and O–H groups in total. The average molecular weight is 421 g/mol. The second kappa shape index (κ2) is 8.00. The fourth-order valence-electron chi connectivity index (χ4n) is 2.96. The molecular formula is C19H17F2N3O4S. The number of ether oxygens (including phenoxy) is 2. The van der Waals surface area contributed by atoms with Crippen molar-refractivity contribution in [3.63, 3.8) is 0 Å². The monoisotopic (exact) mass is 421 g/mol. The molecule has 0 aliphatic heterocycles. The van der Waals surface area contributed by atoms with Gasteiger partial charge in [-0.3, -0.25) is 9.59 Å². The van der Waals surface area contributed by atoms with E-state index in [1.165, 1.54) is 26.4 Å². The summed E-state index contributed by atoms with van der Waals surface area (Å²) in [5.41, 5.74) is 5.74. The number of alkyl halides is 2. The zero-order valence-electron chi connectivity index (χ0n) is 15.7. The van der Waals surface area contributed by atoms with E-state index in [-0.39, 0.29) is 26.7 Å². The summed E-state index contributed by atoms with van der Waals surface area (Å²) in [5, 5.41) is 3.03. The second-order valence-corrected chi connectivity index (χ2v) is 7.01. The number of fused-ring (bicyclic) bond motifs is 1. The largest absolute Gasteiger partial charge is 0.493 e. The Morgan fingerprint density at radius 1 is 1.24 bits per heavy atom. The minimum Gasteiger partial charge on any atom is -0.493 e. The van der Waals surface area contributed by atoms with Crippen molar-refractivity contribution in [2.75, 3.05) is 19.5 Å². The van der Waals surface area contributed by atoms with Crippen LogP contribution in [0.2, 0.25) is 0 Å². The maximum Gasteiger partial charge on any atom is 0.280 e. The lowest BCUT2D eigenvalue weighted by Crippen LogP contribution is -2.17. The van der Waals surface area contributed by atoms with Crippen LogP contribution in [0.5, 0.6) is 11.5 Å². The van der Waals surface area contributed by atoms with Crippen molar-refractivity contribution in [3.05, 3.63) is 46.0 Å². The maximum atomic E-state index is 13.1. The number of para-hydroxylation sites is 1. The van der Waals surface area contributed by atoms with Gasteiger partial charge in [-0.25, -0.2) is 13.8 Å². The van der Waals surface area contributed by atoms with E-state index in [0.717, 1.165) is 11.3 Å². The fourth-order valence-corrected chi connectivity index (χ4v) is 4.02. The topological polar surface area (TPSA) is 104 Å². The molecule has 152 valence electrons. The highest BCUT2D eigenvalue weighted by atomic mass is 32.1. The smallest absolute Gasteiger partial charge is 0.280 e. The number of aromatic nitrogens is 1. The highest BCUT2D eigenvalue weighted by molar-refractivity contribution is 7.21. The first-order valence-electron chi connectivity index (χ1n) is 8.32. The second-order valence-electron chi connectivity index (χ2n) is 6.01. The minimum absolute atomic E-state index is 0.0113. The number of primary amides is 1. The Labute approximate surface area is 168 Å². The summed E-state index contributed by atoms with van der Waals surface area (Å²) in [7, 11) is 2.83. The van der Waals surface area contributed by atoms with E-state index in [1.807, 2.05) is 0 Å². The quantitative estimate of drug-likeness (QED) is 0.628. The first-order chi connectivity index (χ1) is 13.8. The van der Waals surface area contributed by atoms with Crippen molar-refractivity contribution in [1.82, 2.24) is 4.98 Å². The van der Waals surface area contributed by atoms with Gasteiger partial charge in [-0.05, 0) is 30.7 Å². The lowest BCUT2D eigenvalue weighted by Gasteiger charge is -2.13. The van der Waals surface area contributed by atoms with Gasteiger partial charge in [0.05, 0.1) is 25.5 Å². The molecule has 0 unspecified atom stereocenters. The van der Waals surface area contributed by atoms with Crippen molar-refractivity contribution < 1.29 is 27.8 Å². The lowest BCUT2D eigenvalue weighted by molar-refractivity contribution is 0.100. The fraction of sp³-hybridized carbons (Fsp3) is 0.211. The molecule has 0 bridgehead atoms. The minimum atomic E-state index is -2.77. The third-order valence-electron chi connectivity index (χ3n) is 4.21. The summed E-state index contributed by atoms with van der Waals surface area (Å²) in [6.07, 6.45) is -2.77. The number of nitrogens with one attached hydrogen (secondary N) is 1. The summed E-state index contributed by atoms with van der Waals surface area (Å²) >= 11 is 0.843. The molecule has 0 fully saturated rings. The molecule has 0 radical (unpaired) electrons. The number of nitrogens with two attached hydrogens (primary N) is 1. The molecule has 0 saturated carbocycles. The highest BCUT2D eigenvalue weighted by Crippen LogP contribution is 2.39. The van der Waals surface area contributed by atoms with Gasteiger partial charge in [0, 0.05) is 5.39 Å². The molecule has 0 aliphatic rings. The number of methoxy groups -OCH3 is 2. The Morgan fingerprint density at radius 3 is 2.55 bits per heavy atom. The van der Waals surface area contributed by atoms with Gasteiger partial charge in [-0.15, -0.1) is 11.3 Å². The molecule has 3 aromatic rings. The maximum absolute atomic E-state index is 13.1. The number of pyridine rings is 1. The molecule has 0 spiro atoms. The number of hydrogen-bond acceptors (Lipinski definition) is 6. The van der Waals surface area contributed by atoms with Crippen molar-refractivity contribution in [3.8, 4) is 11.5 Å². The Balaban J connectivity index is 2.14. The zero-order valence-corrected chi connectivity index (χ0v) is 16.5. The summed E-state index contributed by atoms with van der Waals surface area (Å²) in [5.74, 6) is -0.827. The summed E-state index contributed by atoms with van der Waals surface area (Å²) in [6.45, 7) is 1.59. The average Bonchev–Trinajstić information content (AvgIpc) is 3.06. The summed E-state index contributed by atoms with van der Waals surface area (Å²) in [4.78, 5) is 29.0. The predicted molar refractivity (Wildman–Crippen MR) is 105 cm³/mol. The molecule has 10 heteroatoms. The number of anilines is 1. The number of carbonyl (C=O) groups is 2. The predicted octanol–water partition coefficient (Wildman–Crippen LogP) is 3.91. The molecule has 2 heterocycles. The van der Waals surface area contributed by atoms with Crippen LogP contribution in [0.3, 0.4) is 0 Å². The third-order valence-corrected chi connectivity index (χ3v) is 5.31. The van der Waals surface area contributed by atoms with Gasteiger partial charge in [0.2, 0.25) is 0 Å². The third kappa shape index (κ3) is 3.70. The molecule has 7 nitrogen and oxygen atoms in total.